The molecule has 1 aliphatic heterocycles. The van der Waals surface area contributed by atoms with Crippen LogP contribution >= 0.6 is 0 Å². The number of hydrogen-bond donors (Lipinski definition) is 2. The number of aryl methyl sites for hydroxylation is 1. The number of piperidine rings is 1. The van der Waals surface area contributed by atoms with Gasteiger partial charge in [-0.05, 0) is 43.0 Å². The Kier molecular flexibility index (Phi) is 5.47. The fraction of sp³-hybridized carbons (Fsp3) is 0.381. The van der Waals surface area contributed by atoms with E-state index in [1.165, 1.54) is 4.90 Å². The number of benzene rings is 2. The minimum atomic E-state index is -1.00. The molecule has 1 amide bonds. The highest BCUT2D eigenvalue weighted by Gasteiger charge is 2.40. The van der Waals surface area contributed by atoms with Gasteiger partial charge in [0.25, 0.3) is 0 Å². The van der Waals surface area contributed by atoms with E-state index in [-0.39, 0.29) is 0 Å². The fourth-order valence-electron chi connectivity index (χ4n) is 3.50. The largest absolute Gasteiger partial charge is 0.487 e. The van der Waals surface area contributed by atoms with Gasteiger partial charge in [-0.2, -0.15) is 0 Å². The van der Waals surface area contributed by atoms with Gasteiger partial charge in [-0.25, -0.2) is 4.79 Å². The summed E-state index contributed by atoms with van der Waals surface area (Å²) in [7, 11) is 0. The van der Waals surface area contributed by atoms with E-state index in [0.717, 1.165) is 22.4 Å². The maximum absolute atomic E-state index is 11.6. The molecular weight excluding hydrogens is 330 g/mol. The molecular formula is C21H25NO4. The van der Waals surface area contributed by atoms with Crippen molar-refractivity contribution in [2.24, 2.45) is 0 Å². The molecule has 3 atom stereocenters. The van der Waals surface area contributed by atoms with Crippen molar-refractivity contribution in [1.29, 1.82) is 0 Å². The summed E-state index contributed by atoms with van der Waals surface area (Å²) in [5, 5.41) is 20.4. The molecule has 2 unspecified atom stereocenters. The van der Waals surface area contributed by atoms with Crippen molar-refractivity contribution in [1.82, 2.24) is 4.90 Å². The number of ether oxygens (including phenoxy) is 1. The number of aliphatic hydroxyl groups excluding tert-OH is 1. The molecule has 2 aromatic rings. The van der Waals surface area contributed by atoms with E-state index in [2.05, 4.69) is 0 Å². The zero-order valence-electron chi connectivity index (χ0n) is 15.1. The number of nitrogens with zero attached hydrogens (tertiary/aromatic N) is 1. The summed E-state index contributed by atoms with van der Waals surface area (Å²) in [6.45, 7) is 4.36. The van der Waals surface area contributed by atoms with Crippen LogP contribution in [-0.2, 0) is 6.42 Å². The van der Waals surface area contributed by atoms with Gasteiger partial charge in [0, 0.05) is 13.0 Å². The Morgan fingerprint density at radius 3 is 2.58 bits per heavy atom. The molecule has 26 heavy (non-hydrogen) atoms. The summed E-state index contributed by atoms with van der Waals surface area (Å²) in [6.07, 6.45) is -1.40. The van der Waals surface area contributed by atoms with Gasteiger partial charge in [0.2, 0.25) is 0 Å². The zero-order chi connectivity index (χ0) is 18.7. The molecule has 0 aromatic heterocycles. The first kappa shape index (κ1) is 18.3. The molecule has 2 N–H and O–H groups in total. The summed E-state index contributed by atoms with van der Waals surface area (Å²) >= 11 is 0. The predicted molar refractivity (Wildman–Crippen MR) is 99.6 cm³/mol. The summed E-state index contributed by atoms with van der Waals surface area (Å²) < 4.78 is 6.11. The normalized spacial score (nSPS) is 22.9. The van der Waals surface area contributed by atoms with Crippen LogP contribution in [0.3, 0.4) is 0 Å². The Hall–Kier alpha value is -2.53. The Bertz CT molecular complexity index is 762. The zero-order valence-corrected chi connectivity index (χ0v) is 15.1. The Balaban J connectivity index is 1.81. The maximum atomic E-state index is 11.6. The third-order valence-corrected chi connectivity index (χ3v) is 5.20. The second-order valence-electron chi connectivity index (χ2n) is 6.87. The second kappa shape index (κ2) is 7.79. The average Bonchev–Trinajstić information content (AvgIpc) is 2.63. The number of aliphatic hydroxyl groups is 1. The van der Waals surface area contributed by atoms with E-state index >= 15 is 0 Å². The Labute approximate surface area is 153 Å². The van der Waals surface area contributed by atoms with Gasteiger partial charge < -0.3 is 19.8 Å². The average molecular weight is 355 g/mol. The van der Waals surface area contributed by atoms with E-state index in [9.17, 15) is 15.0 Å². The van der Waals surface area contributed by atoms with Crippen molar-refractivity contribution >= 4 is 6.09 Å². The van der Waals surface area contributed by atoms with Gasteiger partial charge in [-0.15, -0.1) is 0 Å². The predicted octanol–water partition coefficient (Wildman–Crippen LogP) is 3.41. The molecule has 5 heteroatoms. The molecule has 0 spiro atoms. The molecule has 1 saturated heterocycles. The fourth-order valence-corrected chi connectivity index (χ4v) is 3.50. The van der Waals surface area contributed by atoms with Crippen LogP contribution in [0.4, 0.5) is 4.79 Å². The smallest absolute Gasteiger partial charge is 0.407 e. The van der Waals surface area contributed by atoms with E-state index in [1.54, 1.807) is 0 Å². The lowest BCUT2D eigenvalue weighted by Gasteiger charge is -2.41. The minimum Gasteiger partial charge on any atom is -0.487 e. The Morgan fingerprint density at radius 1 is 1.15 bits per heavy atom. The molecule has 5 nitrogen and oxygen atoms in total. The van der Waals surface area contributed by atoms with Gasteiger partial charge >= 0.3 is 6.09 Å². The van der Waals surface area contributed by atoms with Gasteiger partial charge in [-0.3, -0.25) is 0 Å². The lowest BCUT2D eigenvalue weighted by molar-refractivity contribution is -0.0568. The van der Waals surface area contributed by atoms with Crippen LogP contribution in [0.2, 0.25) is 0 Å². The van der Waals surface area contributed by atoms with E-state index < -0.39 is 24.3 Å². The molecule has 3 rings (SSSR count). The van der Waals surface area contributed by atoms with Crippen molar-refractivity contribution < 1.29 is 19.7 Å². The number of amides is 1. The van der Waals surface area contributed by atoms with Crippen LogP contribution in [0.1, 0.15) is 23.1 Å². The van der Waals surface area contributed by atoms with Crippen LogP contribution in [0.15, 0.2) is 48.5 Å². The van der Waals surface area contributed by atoms with Gasteiger partial charge in [-0.1, -0.05) is 42.5 Å². The molecule has 138 valence electrons. The Morgan fingerprint density at radius 2 is 1.88 bits per heavy atom. The molecule has 0 bridgehead atoms. The molecule has 1 aliphatic rings. The van der Waals surface area contributed by atoms with Gasteiger partial charge in [0.05, 0.1) is 6.04 Å². The SMILES string of the molecule is Cc1cccc(O[C@H]2CCN(C(=O)O)C(Cc3ccccc3)C2O)c1C. The highest BCUT2D eigenvalue weighted by Crippen LogP contribution is 2.28. The number of carbonyl (C=O) groups is 1. The van der Waals surface area contributed by atoms with Crippen LogP contribution in [0.5, 0.6) is 5.75 Å². The van der Waals surface area contributed by atoms with E-state index in [4.69, 9.17) is 4.74 Å². The van der Waals surface area contributed by atoms with Crippen molar-refractivity contribution in [2.75, 3.05) is 6.54 Å². The minimum absolute atomic E-state index is 0.347. The van der Waals surface area contributed by atoms with Crippen LogP contribution in [0.25, 0.3) is 0 Å². The highest BCUT2D eigenvalue weighted by atomic mass is 16.5. The first-order valence-corrected chi connectivity index (χ1v) is 8.92. The first-order valence-electron chi connectivity index (χ1n) is 8.92. The van der Waals surface area contributed by atoms with Gasteiger partial charge in [0.15, 0.2) is 0 Å². The summed E-state index contributed by atoms with van der Waals surface area (Å²) in [5.74, 6) is 0.747. The molecule has 0 aliphatic carbocycles. The van der Waals surface area contributed by atoms with Crippen molar-refractivity contribution in [3.8, 4) is 5.75 Å². The lowest BCUT2D eigenvalue weighted by atomic mass is 9.91. The topological polar surface area (TPSA) is 70.0 Å². The molecule has 0 saturated carbocycles. The maximum Gasteiger partial charge on any atom is 0.407 e. The van der Waals surface area contributed by atoms with Crippen LogP contribution in [0, 0.1) is 13.8 Å². The summed E-state index contributed by atoms with van der Waals surface area (Å²) in [5.41, 5.74) is 3.16. The van der Waals surface area contributed by atoms with Gasteiger partial charge in [0.1, 0.15) is 18.0 Å². The molecule has 2 aromatic carbocycles. The summed E-state index contributed by atoms with van der Waals surface area (Å²) in [4.78, 5) is 13.0. The summed E-state index contributed by atoms with van der Waals surface area (Å²) in [6, 6.07) is 15.0. The number of carboxylic acid groups (broad SMARTS) is 1. The molecule has 1 fully saturated rings. The monoisotopic (exact) mass is 355 g/mol. The number of likely N-dealkylation sites (tertiary alicyclic amines) is 1. The van der Waals surface area contributed by atoms with E-state index in [1.807, 2.05) is 62.4 Å². The third kappa shape index (κ3) is 3.83. The highest BCUT2D eigenvalue weighted by molar-refractivity contribution is 5.66. The number of hydrogen-bond acceptors (Lipinski definition) is 3. The third-order valence-electron chi connectivity index (χ3n) is 5.20. The van der Waals surface area contributed by atoms with Crippen molar-refractivity contribution in [3.63, 3.8) is 0 Å². The van der Waals surface area contributed by atoms with E-state index in [0.29, 0.717) is 19.4 Å². The second-order valence-corrected chi connectivity index (χ2v) is 6.87. The standard InChI is InChI=1S/C21H25NO4/c1-14-7-6-10-18(15(14)2)26-19-11-12-22(21(24)25)17(20(19)23)13-16-8-4-3-5-9-16/h3-10,17,19-20,23H,11-13H2,1-2H3,(H,24,25)/t17?,19-,20?/m0/s1. The van der Waals surface area contributed by atoms with Crippen LogP contribution in [-0.4, -0.2) is 46.0 Å². The lowest BCUT2D eigenvalue weighted by Crippen LogP contribution is -2.58. The quantitative estimate of drug-likeness (QED) is 0.882. The van der Waals surface area contributed by atoms with Crippen molar-refractivity contribution in [3.05, 3.63) is 65.2 Å². The first-order chi connectivity index (χ1) is 12.5. The van der Waals surface area contributed by atoms with Crippen molar-refractivity contribution in [2.45, 2.75) is 44.9 Å². The number of rotatable bonds is 4. The van der Waals surface area contributed by atoms with Crippen LogP contribution < -0.4 is 4.74 Å². The molecule has 0 radical (unpaired) electrons. The molecule has 1 heterocycles.